The topological polar surface area (TPSA) is 93.8 Å². The molecule has 0 radical (unpaired) electrons. The van der Waals surface area contributed by atoms with E-state index in [-0.39, 0.29) is 12.0 Å². The molecule has 0 aromatic carbocycles. The van der Waals surface area contributed by atoms with Gasteiger partial charge in [0.25, 0.3) is 0 Å². The largest absolute Gasteiger partial charge is 0.434 e. The normalized spacial score (nSPS) is 30.0. The van der Waals surface area contributed by atoms with E-state index in [1.54, 1.807) is 18.7 Å². The van der Waals surface area contributed by atoms with E-state index in [1.165, 1.54) is 5.17 Å². The zero-order valence-electron chi connectivity index (χ0n) is 14.5. The predicted molar refractivity (Wildman–Crippen MR) is 99.4 cm³/mol. The van der Waals surface area contributed by atoms with Crippen LogP contribution in [0.3, 0.4) is 0 Å². The van der Waals surface area contributed by atoms with E-state index >= 15 is 0 Å². The van der Waals surface area contributed by atoms with Crippen LogP contribution < -0.4 is 10.6 Å². The van der Waals surface area contributed by atoms with Crippen LogP contribution in [0, 0.1) is 5.92 Å². The van der Waals surface area contributed by atoms with Crippen molar-refractivity contribution in [2.75, 3.05) is 32.2 Å². The smallest absolute Gasteiger partial charge is 0.357 e. The molecule has 0 aliphatic carbocycles. The summed E-state index contributed by atoms with van der Waals surface area (Å²) in [6, 6.07) is 0.00125. The number of amidine groups is 1. The van der Waals surface area contributed by atoms with Crippen molar-refractivity contribution in [1.82, 2.24) is 10.6 Å². The van der Waals surface area contributed by atoms with Gasteiger partial charge in [-0.15, -0.1) is 11.8 Å². The van der Waals surface area contributed by atoms with E-state index in [0.29, 0.717) is 17.4 Å². The fraction of sp³-hybridized carbons (Fsp3) is 0.750. The van der Waals surface area contributed by atoms with Gasteiger partial charge in [0.15, 0.2) is 6.79 Å². The summed E-state index contributed by atoms with van der Waals surface area (Å²) >= 11 is 3.58. The van der Waals surface area contributed by atoms with Crippen molar-refractivity contribution in [3.63, 3.8) is 0 Å². The average Bonchev–Trinajstić information content (AvgIpc) is 3.13. The van der Waals surface area contributed by atoms with Gasteiger partial charge in [0.2, 0.25) is 0 Å². The van der Waals surface area contributed by atoms with E-state index in [2.05, 4.69) is 22.1 Å². The second kappa shape index (κ2) is 8.20. The molecule has 0 aromatic rings. The number of carbonyl (C=O) groups is 1. The van der Waals surface area contributed by atoms with E-state index in [9.17, 15) is 9.90 Å². The molecule has 2 fully saturated rings. The van der Waals surface area contributed by atoms with Crippen molar-refractivity contribution in [2.45, 2.75) is 37.7 Å². The number of nitrogens with one attached hydrogen (secondary N) is 2. The van der Waals surface area contributed by atoms with Crippen molar-refractivity contribution < 1.29 is 24.3 Å². The van der Waals surface area contributed by atoms with E-state index in [1.807, 2.05) is 11.8 Å². The minimum Gasteiger partial charge on any atom is -0.434 e. The number of carbonyl (C=O) groups excluding carboxylic acids is 1. The maximum Gasteiger partial charge on any atom is 0.357 e. The summed E-state index contributed by atoms with van der Waals surface area (Å²) < 4.78 is 7.12. The fourth-order valence-corrected chi connectivity index (χ4v) is 5.74. The Kier molecular flexibility index (Phi) is 6.19. The van der Waals surface area contributed by atoms with Crippen molar-refractivity contribution in [2.24, 2.45) is 5.92 Å². The fourth-order valence-electron chi connectivity index (χ4n) is 3.30. The molecule has 0 aromatic heterocycles. The number of hydrogen-bond donors (Lipinski definition) is 4. The Bertz CT molecular complexity index is 578. The van der Waals surface area contributed by atoms with E-state index in [4.69, 9.17) is 9.84 Å². The number of hydrogen-bond acceptors (Lipinski definition) is 7. The summed E-state index contributed by atoms with van der Waals surface area (Å²) in [7, 11) is 0. The molecule has 2 saturated heterocycles. The Morgan fingerprint density at radius 3 is 2.88 bits per heavy atom. The molecule has 3 aliphatic heterocycles. The quantitative estimate of drug-likeness (QED) is 0.285. The highest BCUT2D eigenvalue weighted by atomic mass is 32.2. The summed E-state index contributed by atoms with van der Waals surface area (Å²) in [5.74, 6) is 0.721. The highest BCUT2D eigenvalue weighted by Gasteiger charge is 2.40. The standard InChI is InChI=1S/C16H25N3O4S2/c1-9(21)5-12-10(2)14(13(18-12)15(22)23-8-20)25-11-6-19(7-11)16-17-3-4-24-16/h9-12,18,20-21H,3-8H2,1-2H3/p+1. The first-order chi connectivity index (χ1) is 12.0. The van der Waals surface area contributed by atoms with Gasteiger partial charge in [-0.3, -0.25) is 9.89 Å². The second-order valence-corrected chi connectivity index (χ2v) is 9.08. The van der Waals surface area contributed by atoms with Gasteiger partial charge in [-0.05, 0) is 25.1 Å². The first kappa shape index (κ1) is 18.9. The van der Waals surface area contributed by atoms with Crippen molar-refractivity contribution in [3.05, 3.63) is 10.6 Å². The summed E-state index contributed by atoms with van der Waals surface area (Å²) in [6.45, 7) is 6.13. The molecule has 0 bridgehead atoms. The van der Waals surface area contributed by atoms with Gasteiger partial charge >= 0.3 is 11.1 Å². The Hall–Kier alpha value is -0.900. The van der Waals surface area contributed by atoms with Crippen LogP contribution in [0.2, 0.25) is 0 Å². The number of nitrogens with zero attached hydrogens (tertiary/aromatic N) is 1. The lowest BCUT2D eigenvalue weighted by Gasteiger charge is -2.29. The van der Waals surface area contributed by atoms with Crippen LogP contribution in [0.1, 0.15) is 20.3 Å². The van der Waals surface area contributed by atoms with Crippen LogP contribution in [0.15, 0.2) is 10.6 Å². The summed E-state index contributed by atoms with van der Waals surface area (Å²) in [5.41, 5.74) is 0.441. The lowest BCUT2D eigenvalue weighted by atomic mass is 9.99. The molecule has 140 valence electrons. The Morgan fingerprint density at radius 1 is 1.52 bits per heavy atom. The first-order valence-electron chi connectivity index (χ1n) is 8.61. The highest BCUT2D eigenvalue weighted by molar-refractivity contribution is 8.14. The third-order valence-electron chi connectivity index (χ3n) is 4.63. The second-order valence-electron chi connectivity index (χ2n) is 6.65. The number of esters is 1. The number of rotatable bonds is 6. The Balaban J connectivity index is 1.67. The molecule has 4 N–H and O–H groups in total. The highest BCUT2D eigenvalue weighted by Crippen LogP contribution is 2.40. The maximum atomic E-state index is 12.2. The number of aliphatic hydroxyl groups is 2. The van der Waals surface area contributed by atoms with Crippen molar-refractivity contribution in [1.29, 1.82) is 0 Å². The predicted octanol–water partition coefficient (Wildman–Crippen LogP) is -0.110. The minimum atomic E-state index is -0.629. The third kappa shape index (κ3) is 4.27. The van der Waals surface area contributed by atoms with Crippen LogP contribution in [0.25, 0.3) is 0 Å². The molecular weight excluding hydrogens is 362 g/mol. The lowest BCUT2D eigenvalue weighted by Crippen LogP contribution is -2.47. The summed E-state index contributed by atoms with van der Waals surface area (Å²) in [6.07, 6.45) is 0.122. The minimum absolute atomic E-state index is 0.00125. The van der Waals surface area contributed by atoms with Crippen LogP contribution in [-0.4, -0.2) is 75.5 Å². The monoisotopic (exact) mass is 388 g/mol. The van der Waals surface area contributed by atoms with Crippen LogP contribution >= 0.6 is 23.5 Å². The summed E-state index contributed by atoms with van der Waals surface area (Å²) in [5, 5.41) is 26.9. The van der Waals surface area contributed by atoms with Gasteiger partial charge < -0.3 is 20.3 Å². The van der Waals surface area contributed by atoms with Crippen LogP contribution in [0.5, 0.6) is 0 Å². The van der Waals surface area contributed by atoms with Gasteiger partial charge in [0, 0.05) is 22.6 Å². The molecule has 3 aliphatic rings. The van der Waals surface area contributed by atoms with Crippen LogP contribution in [0.4, 0.5) is 0 Å². The van der Waals surface area contributed by atoms with Crippen molar-refractivity contribution >= 4 is 34.7 Å². The average molecular weight is 389 g/mol. The maximum absolute atomic E-state index is 12.2. The molecule has 0 amide bonds. The molecule has 9 heteroatoms. The van der Waals surface area contributed by atoms with Crippen molar-refractivity contribution in [3.8, 4) is 0 Å². The van der Waals surface area contributed by atoms with Gasteiger partial charge in [-0.25, -0.2) is 4.79 Å². The molecule has 25 heavy (non-hydrogen) atoms. The molecule has 3 rings (SSSR count). The Labute approximate surface area is 156 Å². The van der Waals surface area contributed by atoms with Gasteiger partial charge in [-0.1, -0.05) is 6.92 Å². The molecule has 7 nitrogen and oxygen atoms in total. The SMILES string of the molecule is CC(O)CC1NC(C(=O)OCO)=C(SC2C[N+](=C3NCCS3)C2)C1C. The third-order valence-corrected chi connectivity index (χ3v) is 7.18. The number of thioether (sulfide) groups is 2. The molecule has 3 atom stereocenters. The number of ether oxygens (including phenoxy) is 1. The van der Waals surface area contributed by atoms with Gasteiger partial charge in [0.05, 0.1) is 17.9 Å². The van der Waals surface area contributed by atoms with Gasteiger partial charge in [0.1, 0.15) is 18.8 Å². The van der Waals surface area contributed by atoms with E-state index < -0.39 is 18.9 Å². The Morgan fingerprint density at radius 2 is 2.28 bits per heavy atom. The zero-order chi connectivity index (χ0) is 18.0. The molecule has 3 heterocycles. The molecule has 0 saturated carbocycles. The number of aliphatic hydroxyl groups excluding tert-OH is 2. The lowest BCUT2D eigenvalue weighted by molar-refractivity contribution is -0.578. The molecular formula is C16H26N3O4S2+. The zero-order valence-corrected chi connectivity index (χ0v) is 16.2. The summed E-state index contributed by atoms with van der Waals surface area (Å²) in [4.78, 5) is 13.2. The first-order valence-corrected chi connectivity index (χ1v) is 10.5. The molecule has 0 spiro atoms. The van der Waals surface area contributed by atoms with E-state index in [0.717, 1.165) is 30.3 Å². The molecule has 3 unspecified atom stereocenters. The van der Waals surface area contributed by atoms with Gasteiger partial charge in [-0.2, -0.15) is 0 Å². The van der Waals surface area contributed by atoms with Crippen LogP contribution in [-0.2, 0) is 9.53 Å².